The molecule has 0 bridgehead atoms. The van der Waals surface area contributed by atoms with Crippen LogP contribution >= 0.6 is 0 Å². The molecule has 19 heavy (non-hydrogen) atoms. The van der Waals surface area contributed by atoms with Gasteiger partial charge in [-0.3, -0.25) is 10.1 Å². The van der Waals surface area contributed by atoms with E-state index in [0.29, 0.717) is 6.07 Å². The van der Waals surface area contributed by atoms with Crippen LogP contribution in [0.1, 0.15) is 13.8 Å². The van der Waals surface area contributed by atoms with E-state index in [-0.39, 0.29) is 17.4 Å². The molecule has 1 aromatic carbocycles. The summed E-state index contributed by atoms with van der Waals surface area (Å²) in [6.45, 7) is 3.98. The summed E-state index contributed by atoms with van der Waals surface area (Å²) >= 11 is 0. The summed E-state index contributed by atoms with van der Waals surface area (Å²) in [5.74, 6) is -1.05. The number of halogens is 1. The van der Waals surface area contributed by atoms with Gasteiger partial charge in [0.2, 0.25) is 15.8 Å². The second-order valence-electron chi connectivity index (χ2n) is 4.55. The summed E-state index contributed by atoms with van der Waals surface area (Å²) in [5.41, 5.74) is -0.745. The summed E-state index contributed by atoms with van der Waals surface area (Å²) in [6.07, 6.45) is 0. The van der Waals surface area contributed by atoms with Crippen LogP contribution in [0.25, 0.3) is 0 Å². The molecule has 1 aromatic rings. The molecule has 0 fully saturated rings. The lowest BCUT2D eigenvalue weighted by Gasteiger charge is -2.19. The van der Waals surface area contributed by atoms with Crippen LogP contribution in [0.3, 0.4) is 0 Å². The van der Waals surface area contributed by atoms with Crippen LogP contribution in [0.2, 0.25) is 0 Å². The number of rotatable bonds is 5. The van der Waals surface area contributed by atoms with E-state index >= 15 is 0 Å². The van der Waals surface area contributed by atoms with Crippen molar-refractivity contribution in [1.29, 1.82) is 0 Å². The Balaban J connectivity index is 3.16. The lowest BCUT2D eigenvalue weighted by atomic mass is 10.2. The molecule has 8 heteroatoms. The Morgan fingerprint density at radius 3 is 2.42 bits per heavy atom. The number of nitro groups is 1. The largest absolute Gasteiger partial charge is 0.304 e. The zero-order valence-corrected chi connectivity index (χ0v) is 11.6. The minimum absolute atomic E-state index is 0.114. The Bertz CT molecular complexity index is 586. The van der Waals surface area contributed by atoms with Crippen molar-refractivity contribution in [3.63, 3.8) is 0 Å². The molecule has 0 aromatic heterocycles. The van der Waals surface area contributed by atoms with Gasteiger partial charge < -0.3 is 0 Å². The molecule has 0 unspecified atom stereocenters. The Morgan fingerprint density at radius 1 is 1.42 bits per heavy atom. The van der Waals surface area contributed by atoms with E-state index < -0.39 is 26.5 Å². The summed E-state index contributed by atoms with van der Waals surface area (Å²) in [4.78, 5) is 9.28. The van der Waals surface area contributed by atoms with Crippen molar-refractivity contribution in [2.24, 2.45) is 5.92 Å². The first kappa shape index (κ1) is 15.5. The van der Waals surface area contributed by atoms with Gasteiger partial charge in [0.05, 0.1) is 9.82 Å². The van der Waals surface area contributed by atoms with E-state index in [0.717, 1.165) is 16.4 Å². The van der Waals surface area contributed by atoms with E-state index in [4.69, 9.17) is 0 Å². The van der Waals surface area contributed by atoms with Gasteiger partial charge in [-0.1, -0.05) is 13.8 Å². The highest BCUT2D eigenvalue weighted by molar-refractivity contribution is 7.89. The number of nitrogens with zero attached hydrogens (tertiary/aromatic N) is 2. The fourth-order valence-corrected chi connectivity index (χ4v) is 2.94. The van der Waals surface area contributed by atoms with Crippen molar-refractivity contribution in [2.75, 3.05) is 13.6 Å². The predicted molar refractivity (Wildman–Crippen MR) is 67.7 cm³/mol. The van der Waals surface area contributed by atoms with Crippen LogP contribution in [0.15, 0.2) is 23.1 Å². The molecule has 0 heterocycles. The van der Waals surface area contributed by atoms with E-state index in [9.17, 15) is 22.9 Å². The van der Waals surface area contributed by atoms with Gasteiger partial charge in [-0.25, -0.2) is 12.7 Å². The molecule has 6 nitrogen and oxygen atoms in total. The second kappa shape index (κ2) is 5.62. The number of benzene rings is 1. The Morgan fingerprint density at radius 2 is 2.00 bits per heavy atom. The summed E-state index contributed by atoms with van der Waals surface area (Å²) < 4.78 is 38.7. The molecule has 0 amide bonds. The highest BCUT2D eigenvalue weighted by Crippen LogP contribution is 2.23. The van der Waals surface area contributed by atoms with Crippen molar-refractivity contribution in [3.05, 3.63) is 34.1 Å². The van der Waals surface area contributed by atoms with Crippen molar-refractivity contribution < 1.29 is 17.7 Å². The van der Waals surface area contributed by atoms with E-state index in [1.807, 2.05) is 13.8 Å². The van der Waals surface area contributed by atoms with Crippen LogP contribution in [0.5, 0.6) is 0 Å². The lowest BCUT2D eigenvalue weighted by molar-refractivity contribution is -0.387. The fraction of sp³-hybridized carbons (Fsp3) is 0.455. The third-order valence-corrected chi connectivity index (χ3v) is 4.27. The first-order chi connectivity index (χ1) is 8.66. The quantitative estimate of drug-likeness (QED) is 0.613. The zero-order valence-electron chi connectivity index (χ0n) is 10.8. The minimum atomic E-state index is -3.83. The summed E-state index contributed by atoms with van der Waals surface area (Å²) in [5, 5.41) is 10.5. The maximum absolute atomic E-state index is 13.4. The molecule has 0 aliphatic heterocycles. The molecule has 0 atom stereocenters. The van der Waals surface area contributed by atoms with Crippen LogP contribution in [-0.2, 0) is 10.0 Å². The van der Waals surface area contributed by atoms with Crippen molar-refractivity contribution in [3.8, 4) is 0 Å². The smallest absolute Gasteiger partial charge is 0.258 e. The Kier molecular flexibility index (Phi) is 4.59. The molecule has 0 spiro atoms. The predicted octanol–water partition coefficient (Wildman–Crippen LogP) is 2.01. The lowest BCUT2D eigenvalue weighted by Crippen LogP contribution is -2.30. The molecular formula is C11H15FN2O4S. The van der Waals surface area contributed by atoms with Crippen molar-refractivity contribution in [1.82, 2.24) is 4.31 Å². The first-order valence-electron chi connectivity index (χ1n) is 5.56. The third-order valence-electron chi connectivity index (χ3n) is 2.45. The van der Waals surface area contributed by atoms with Crippen LogP contribution < -0.4 is 0 Å². The number of hydrogen-bond acceptors (Lipinski definition) is 4. The van der Waals surface area contributed by atoms with Gasteiger partial charge in [-0.15, -0.1) is 0 Å². The third kappa shape index (κ3) is 3.48. The molecule has 106 valence electrons. The Labute approximate surface area is 111 Å². The number of nitro benzene ring substituents is 1. The number of hydrogen-bond donors (Lipinski definition) is 0. The second-order valence-corrected chi connectivity index (χ2v) is 6.59. The average molecular weight is 290 g/mol. The van der Waals surface area contributed by atoms with E-state index in [2.05, 4.69) is 0 Å². The van der Waals surface area contributed by atoms with Gasteiger partial charge in [0.25, 0.3) is 0 Å². The normalized spacial score (nSPS) is 12.1. The average Bonchev–Trinajstić information content (AvgIpc) is 2.27. The summed E-state index contributed by atoms with van der Waals surface area (Å²) in [7, 11) is -2.44. The molecular weight excluding hydrogens is 275 g/mol. The highest BCUT2D eigenvalue weighted by atomic mass is 32.2. The molecule has 0 aliphatic carbocycles. The topological polar surface area (TPSA) is 80.5 Å². The first-order valence-corrected chi connectivity index (χ1v) is 7.00. The summed E-state index contributed by atoms with van der Waals surface area (Å²) in [6, 6.07) is 2.56. The van der Waals surface area contributed by atoms with E-state index in [1.165, 1.54) is 7.05 Å². The molecule has 0 saturated carbocycles. The fourth-order valence-electron chi connectivity index (χ4n) is 1.59. The van der Waals surface area contributed by atoms with Gasteiger partial charge in [0.15, 0.2) is 0 Å². The minimum Gasteiger partial charge on any atom is -0.258 e. The highest BCUT2D eigenvalue weighted by Gasteiger charge is 2.24. The van der Waals surface area contributed by atoms with Crippen LogP contribution in [-0.4, -0.2) is 31.2 Å². The maximum Gasteiger partial charge on any atom is 0.304 e. The van der Waals surface area contributed by atoms with E-state index in [1.54, 1.807) is 0 Å². The van der Waals surface area contributed by atoms with Gasteiger partial charge >= 0.3 is 5.69 Å². The molecule has 0 N–H and O–H groups in total. The van der Waals surface area contributed by atoms with Gasteiger partial charge in [0.1, 0.15) is 0 Å². The zero-order chi connectivity index (χ0) is 14.8. The van der Waals surface area contributed by atoms with Crippen LogP contribution in [0.4, 0.5) is 10.1 Å². The van der Waals surface area contributed by atoms with Gasteiger partial charge in [0, 0.05) is 25.7 Å². The molecule has 0 saturated heterocycles. The maximum atomic E-state index is 13.4. The monoisotopic (exact) mass is 290 g/mol. The van der Waals surface area contributed by atoms with Crippen LogP contribution in [0, 0.1) is 21.8 Å². The van der Waals surface area contributed by atoms with Gasteiger partial charge in [-0.05, 0) is 12.0 Å². The Hall–Kier alpha value is -1.54. The van der Waals surface area contributed by atoms with Crippen molar-refractivity contribution in [2.45, 2.75) is 18.7 Å². The van der Waals surface area contributed by atoms with Crippen molar-refractivity contribution >= 4 is 15.7 Å². The SMILES string of the molecule is CC(C)CN(C)S(=O)(=O)c1ccc([N+](=O)[O-])c(F)c1. The standard InChI is InChI=1S/C11H15FN2O4S/c1-8(2)7-13(3)19(17,18)9-4-5-11(14(15)16)10(12)6-9/h4-6,8H,7H2,1-3H3. The molecule has 0 radical (unpaired) electrons. The number of sulfonamides is 1. The molecule has 0 aliphatic rings. The van der Waals surface area contributed by atoms with Gasteiger partial charge in [-0.2, -0.15) is 4.39 Å². The molecule has 1 rings (SSSR count).